The van der Waals surface area contributed by atoms with Gasteiger partial charge in [-0.2, -0.15) is 0 Å². The lowest BCUT2D eigenvalue weighted by Crippen LogP contribution is -2.42. The van der Waals surface area contributed by atoms with Crippen molar-refractivity contribution in [2.75, 3.05) is 13.2 Å². The van der Waals surface area contributed by atoms with Crippen molar-refractivity contribution in [3.8, 4) is 5.75 Å². The van der Waals surface area contributed by atoms with Crippen molar-refractivity contribution in [1.82, 2.24) is 5.32 Å². The highest BCUT2D eigenvalue weighted by Crippen LogP contribution is 2.36. The average Bonchev–Trinajstić information content (AvgIpc) is 2.68. The molecule has 0 bridgehead atoms. The molecule has 0 amide bonds. The summed E-state index contributed by atoms with van der Waals surface area (Å²) < 4.78 is 6.17. The topological polar surface area (TPSA) is 78.8 Å². The SMILES string of the molecule is CC/C(C)=C\C=C(/C)COc1c(C(C)(O)NCC(=O)O)ccc2cc(C)ccc12. The van der Waals surface area contributed by atoms with Crippen molar-refractivity contribution in [3.63, 3.8) is 0 Å². The molecule has 0 saturated heterocycles. The number of carboxylic acids is 1. The molecule has 0 saturated carbocycles. The fourth-order valence-corrected chi connectivity index (χ4v) is 2.94. The third-order valence-corrected chi connectivity index (χ3v) is 4.89. The Morgan fingerprint density at radius 3 is 2.52 bits per heavy atom. The van der Waals surface area contributed by atoms with Crippen LogP contribution < -0.4 is 10.1 Å². The highest BCUT2D eigenvalue weighted by atomic mass is 16.5. The number of rotatable bonds is 9. The van der Waals surface area contributed by atoms with Crippen LogP contribution in [-0.2, 0) is 10.5 Å². The summed E-state index contributed by atoms with van der Waals surface area (Å²) in [5.74, 6) is -0.490. The molecule has 0 aromatic heterocycles. The van der Waals surface area contributed by atoms with E-state index >= 15 is 0 Å². The lowest BCUT2D eigenvalue weighted by molar-refractivity contribution is -0.137. The zero-order valence-corrected chi connectivity index (χ0v) is 17.9. The molecule has 156 valence electrons. The smallest absolute Gasteiger partial charge is 0.317 e. The molecular weight excluding hydrogens is 366 g/mol. The van der Waals surface area contributed by atoms with Crippen LogP contribution in [-0.4, -0.2) is 29.3 Å². The Balaban J connectivity index is 2.44. The van der Waals surface area contributed by atoms with E-state index in [1.165, 1.54) is 12.5 Å². The molecule has 1 unspecified atom stereocenters. The highest BCUT2D eigenvalue weighted by Gasteiger charge is 2.28. The second kappa shape index (κ2) is 9.72. The van der Waals surface area contributed by atoms with E-state index in [1.54, 1.807) is 6.07 Å². The van der Waals surface area contributed by atoms with Gasteiger partial charge in [0.2, 0.25) is 0 Å². The number of allylic oxidation sites excluding steroid dienone is 3. The molecule has 1 atom stereocenters. The first-order valence-electron chi connectivity index (χ1n) is 9.82. The number of benzene rings is 2. The van der Waals surface area contributed by atoms with Crippen molar-refractivity contribution >= 4 is 16.7 Å². The number of hydrogen-bond donors (Lipinski definition) is 3. The average molecular weight is 398 g/mol. The van der Waals surface area contributed by atoms with E-state index in [0.717, 1.165) is 28.3 Å². The number of carboxylic acid groups (broad SMARTS) is 1. The largest absolute Gasteiger partial charge is 0.488 e. The Bertz CT molecular complexity index is 941. The van der Waals surface area contributed by atoms with Crippen LogP contribution in [0.5, 0.6) is 5.75 Å². The molecule has 0 aliphatic carbocycles. The second-order valence-electron chi connectivity index (χ2n) is 7.65. The minimum Gasteiger partial charge on any atom is -0.488 e. The molecule has 0 aliphatic rings. The predicted molar refractivity (Wildman–Crippen MR) is 117 cm³/mol. The second-order valence-corrected chi connectivity index (χ2v) is 7.65. The summed E-state index contributed by atoms with van der Waals surface area (Å²) in [6.45, 7) is 9.75. The molecule has 2 aromatic rings. The molecule has 5 nitrogen and oxygen atoms in total. The Morgan fingerprint density at radius 2 is 1.86 bits per heavy atom. The van der Waals surface area contributed by atoms with Crippen molar-refractivity contribution in [2.24, 2.45) is 0 Å². The highest BCUT2D eigenvalue weighted by molar-refractivity contribution is 5.90. The summed E-state index contributed by atoms with van der Waals surface area (Å²) in [5.41, 5.74) is 2.41. The lowest BCUT2D eigenvalue weighted by Gasteiger charge is -2.28. The molecule has 2 aromatic carbocycles. The van der Waals surface area contributed by atoms with Crippen LogP contribution in [0.25, 0.3) is 10.8 Å². The number of aryl methyl sites for hydroxylation is 1. The minimum atomic E-state index is -1.55. The van der Waals surface area contributed by atoms with E-state index in [4.69, 9.17) is 9.84 Å². The Hall–Kier alpha value is -2.63. The first-order valence-corrected chi connectivity index (χ1v) is 9.82. The Morgan fingerprint density at radius 1 is 1.17 bits per heavy atom. The summed E-state index contributed by atoms with van der Waals surface area (Å²) in [6, 6.07) is 9.72. The van der Waals surface area contributed by atoms with Crippen LogP contribution in [0.4, 0.5) is 0 Å². The summed E-state index contributed by atoms with van der Waals surface area (Å²) in [4.78, 5) is 11.0. The van der Waals surface area contributed by atoms with Crippen LogP contribution in [0.3, 0.4) is 0 Å². The van der Waals surface area contributed by atoms with E-state index in [2.05, 4.69) is 31.3 Å². The fraction of sp³-hybridized carbons (Fsp3) is 0.375. The summed E-state index contributed by atoms with van der Waals surface area (Å²) in [5, 5.41) is 24.5. The number of aliphatic carboxylic acids is 1. The van der Waals surface area contributed by atoms with Gasteiger partial charge >= 0.3 is 5.97 Å². The van der Waals surface area contributed by atoms with Gasteiger partial charge in [-0.25, -0.2) is 0 Å². The van der Waals surface area contributed by atoms with Gasteiger partial charge in [-0.05, 0) is 45.1 Å². The zero-order valence-electron chi connectivity index (χ0n) is 17.9. The maximum atomic E-state index is 11.0. The number of fused-ring (bicyclic) bond motifs is 1. The van der Waals surface area contributed by atoms with Crippen molar-refractivity contribution in [2.45, 2.75) is 46.8 Å². The molecule has 0 radical (unpaired) electrons. The molecule has 0 spiro atoms. The van der Waals surface area contributed by atoms with Gasteiger partial charge in [-0.3, -0.25) is 10.1 Å². The number of ether oxygens (including phenoxy) is 1. The van der Waals surface area contributed by atoms with E-state index < -0.39 is 11.7 Å². The standard InChI is InChI=1S/C24H31NO4/c1-6-16(2)7-8-18(4)15-29-23-20-11-9-17(3)13-19(20)10-12-21(23)24(5,28)25-14-22(26)27/h7-13,25,28H,6,14-15H2,1-5H3,(H,26,27)/b16-7-,18-8+. The van der Waals surface area contributed by atoms with Gasteiger partial charge in [-0.1, -0.05) is 60.5 Å². The number of nitrogens with one attached hydrogen (secondary N) is 1. The number of carbonyl (C=O) groups is 1. The first kappa shape index (κ1) is 22.7. The van der Waals surface area contributed by atoms with E-state index in [9.17, 15) is 9.90 Å². The van der Waals surface area contributed by atoms with Gasteiger partial charge in [0.1, 0.15) is 18.1 Å². The lowest BCUT2D eigenvalue weighted by atomic mass is 9.97. The molecule has 0 aliphatic heterocycles. The zero-order chi connectivity index (χ0) is 21.6. The van der Waals surface area contributed by atoms with E-state index in [1.807, 2.05) is 38.1 Å². The van der Waals surface area contributed by atoms with Crippen LogP contribution in [0.1, 0.15) is 45.2 Å². The van der Waals surface area contributed by atoms with Gasteiger partial charge < -0.3 is 14.9 Å². The van der Waals surface area contributed by atoms with Gasteiger partial charge in [0.05, 0.1) is 6.54 Å². The van der Waals surface area contributed by atoms with Crippen molar-refractivity contribution < 1.29 is 19.7 Å². The quantitative estimate of drug-likeness (QED) is 0.423. The monoisotopic (exact) mass is 397 g/mol. The molecule has 0 fully saturated rings. The Kier molecular flexibility index (Phi) is 7.59. The molecule has 2 rings (SSSR count). The number of aliphatic hydroxyl groups is 1. The summed E-state index contributed by atoms with van der Waals surface area (Å²) in [7, 11) is 0. The maximum Gasteiger partial charge on any atom is 0.317 e. The van der Waals surface area contributed by atoms with Crippen LogP contribution in [0.2, 0.25) is 0 Å². The van der Waals surface area contributed by atoms with Gasteiger partial charge in [-0.15, -0.1) is 0 Å². The molecule has 0 heterocycles. The normalized spacial score (nSPS) is 14.7. The van der Waals surface area contributed by atoms with Gasteiger partial charge in [0.25, 0.3) is 0 Å². The van der Waals surface area contributed by atoms with Gasteiger partial charge in [0.15, 0.2) is 0 Å². The maximum absolute atomic E-state index is 11.0. The van der Waals surface area contributed by atoms with Crippen molar-refractivity contribution in [3.05, 3.63) is 64.8 Å². The number of hydrogen-bond acceptors (Lipinski definition) is 4. The summed E-state index contributed by atoms with van der Waals surface area (Å²) in [6.07, 6.45) is 5.11. The molecule has 29 heavy (non-hydrogen) atoms. The summed E-state index contributed by atoms with van der Waals surface area (Å²) >= 11 is 0. The van der Waals surface area contributed by atoms with Crippen LogP contribution in [0, 0.1) is 6.92 Å². The Labute approximate surface area is 172 Å². The first-order chi connectivity index (χ1) is 13.6. The molecule has 5 heteroatoms. The van der Waals surface area contributed by atoms with Crippen LogP contribution >= 0.6 is 0 Å². The molecular formula is C24H31NO4. The van der Waals surface area contributed by atoms with Gasteiger partial charge in [0, 0.05) is 10.9 Å². The van der Waals surface area contributed by atoms with E-state index in [-0.39, 0.29) is 6.54 Å². The van der Waals surface area contributed by atoms with E-state index in [0.29, 0.717) is 17.9 Å². The predicted octanol–water partition coefficient (Wildman–Crippen LogP) is 4.67. The van der Waals surface area contributed by atoms with Crippen molar-refractivity contribution in [1.29, 1.82) is 0 Å². The molecule has 3 N–H and O–H groups in total. The third-order valence-electron chi connectivity index (χ3n) is 4.89. The fourth-order valence-electron chi connectivity index (χ4n) is 2.94. The minimum absolute atomic E-state index is 0.363. The third kappa shape index (κ3) is 6.17. The van der Waals surface area contributed by atoms with Crippen LogP contribution in [0.15, 0.2) is 53.6 Å².